The van der Waals surface area contributed by atoms with Crippen LogP contribution in [0.25, 0.3) is 14.5 Å². The Balaban J connectivity index is 2.37. The van der Waals surface area contributed by atoms with E-state index >= 15 is 0 Å². The predicted molar refractivity (Wildman–Crippen MR) is 133 cm³/mol. The molecule has 2 aromatic rings. The number of carbonyl (C=O) groups is 2. The van der Waals surface area contributed by atoms with Crippen LogP contribution >= 0.6 is 42.3 Å². The number of aromatic nitrogens is 1. The van der Waals surface area contributed by atoms with Gasteiger partial charge in [-0.1, -0.05) is 22.9 Å². The van der Waals surface area contributed by atoms with Gasteiger partial charge in [-0.2, -0.15) is 0 Å². The summed E-state index contributed by atoms with van der Waals surface area (Å²) in [6.45, 7) is 13.7. The zero-order valence-electron chi connectivity index (χ0n) is 18.9. The average Bonchev–Trinajstić information content (AvgIpc) is 3.17. The first-order valence-corrected chi connectivity index (χ1v) is 13.9. The van der Waals surface area contributed by atoms with Gasteiger partial charge in [0.05, 0.1) is 22.9 Å². The Kier molecular flexibility index (Phi) is 10.4. The summed E-state index contributed by atoms with van der Waals surface area (Å²) in [5, 5.41) is 5.93. The molecule has 0 bridgehead atoms. The first kappa shape index (κ1) is 28.2. The molecule has 2 rings (SSSR count). The summed E-state index contributed by atoms with van der Waals surface area (Å²) in [5.41, 5.74) is 6.17. The molecule has 34 heavy (non-hydrogen) atoms. The van der Waals surface area contributed by atoms with Gasteiger partial charge in [0, 0.05) is 6.07 Å². The van der Waals surface area contributed by atoms with Crippen LogP contribution in [-0.2, 0) is 23.6 Å². The third-order valence-corrected chi connectivity index (χ3v) is 8.42. The van der Waals surface area contributed by atoms with E-state index in [1.54, 1.807) is 13.8 Å². The third kappa shape index (κ3) is 7.21. The van der Waals surface area contributed by atoms with Crippen LogP contribution in [0.15, 0.2) is 11.0 Å². The quantitative estimate of drug-likeness (QED) is 0.152. The summed E-state index contributed by atoms with van der Waals surface area (Å²) in [5.74, 6) is -1.05. The number of esters is 2. The van der Waals surface area contributed by atoms with E-state index in [0.29, 0.717) is 20.1 Å². The Hall–Kier alpha value is -2.07. The molecule has 2 unspecified atom stereocenters. The largest absolute Gasteiger partial charge is 0.481 e. The van der Waals surface area contributed by atoms with E-state index in [9.17, 15) is 14.2 Å². The number of nitrogens with zero attached hydrogens (tertiary/aromatic N) is 2. The zero-order chi connectivity index (χ0) is 25.5. The Bertz CT molecular complexity index is 1110. The molecule has 0 aliphatic carbocycles. The second kappa shape index (κ2) is 12.6. The number of nitrogens with two attached hydrogens (primary N) is 1. The van der Waals surface area contributed by atoms with E-state index < -0.39 is 37.8 Å². The number of halogens is 1. The van der Waals surface area contributed by atoms with Crippen molar-refractivity contribution >= 4 is 69.6 Å². The lowest BCUT2D eigenvalue weighted by atomic mass is 10.3. The molecule has 0 amide bonds. The molecule has 1 aromatic carbocycles. The molecule has 0 aliphatic heterocycles. The second-order valence-corrected chi connectivity index (χ2v) is 11.3. The maximum absolute atomic E-state index is 13.8. The number of fused-ring (bicyclic) bond motifs is 1. The Morgan fingerprint density at radius 2 is 1.82 bits per heavy atom. The number of hydrogen-bond acceptors (Lipinski definition) is 10. The van der Waals surface area contributed by atoms with Crippen LogP contribution in [0, 0.1) is 6.57 Å². The van der Waals surface area contributed by atoms with Crippen molar-refractivity contribution in [2.75, 3.05) is 25.3 Å². The fourth-order valence-corrected chi connectivity index (χ4v) is 6.44. The van der Waals surface area contributed by atoms with Crippen LogP contribution in [0.3, 0.4) is 0 Å². The van der Waals surface area contributed by atoms with Gasteiger partial charge < -0.3 is 19.9 Å². The zero-order valence-corrected chi connectivity index (χ0v) is 22.2. The summed E-state index contributed by atoms with van der Waals surface area (Å²) in [7, 11) is -3.75. The van der Waals surface area contributed by atoms with Crippen molar-refractivity contribution in [2.24, 2.45) is 0 Å². The van der Waals surface area contributed by atoms with Gasteiger partial charge in [-0.15, -0.1) is 0 Å². The fourth-order valence-electron chi connectivity index (χ4n) is 2.78. The lowest BCUT2D eigenvalue weighted by Gasteiger charge is -2.26. The van der Waals surface area contributed by atoms with Gasteiger partial charge in [0.15, 0.2) is 11.5 Å². The van der Waals surface area contributed by atoms with Gasteiger partial charge in [-0.05, 0) is 27.7 Å². The topological polar surface area (TPSA) is 146 Å². The summed E-state index contributed by atoms with van der Waals surface area (Å²) in [6.07, 6.45) is -0.475. The van der Waals surface area contributed by atoms with Crippen molar-refractivity contribution in [1.82, 2.24) is 15.2 Å². The van der Waals surface area contributed by atoms with Crippen LogP contribution in [-0.4, -0.2) is 48.6 Å². The number of nitrogen functional groups attached to an aromatic ring is 1. The summed E-state index contributed by atoms with van der Waals surface area (Å²) < 4.78 is 33.3. The highest BCUT2D eigenvalue weighted by atomic mass is 35.5. The van der Waals surface area contributed by atoms with Crippen molar-refractivity contribution in [3.8, 4) is 5.75 Å². The maximum atomic E-state index is 13.8. The molecular weight excluding hydrogens is 525 g/mol. The molecule has 4 N–H and O–H groups in total. The maximum Gasteiger partial charge on any atom is 0.323 e. The van der Waals surface area contributed by atoms with Gasteiger partial charge in [-0.3, -0.25) is 14.2 Å². The molecule has 0 radical (unpaired) electrons. The molecule has 186 valence electrons. The number of anilines is 1. The Morgan fingerprint density at radius 3 is 2.32 bits per heavy atom. The van der Waals surface area contributed by atoms with Gasteiger partial charge in [-0.25, -0.2) is 26.0 Å². The highest BCUT2D eigenvalue weighted by Gasteiger charge is 2.33. The molecule has 0 saturated carbocycles. The molecule has 1 aromatic heterocycles. The number of hydrogen-bond donors (Lipinski definition) is 3. The lowest BCUT2D eigenvalue weighted by molar-refractivity contribution is -0.145. The summed E-state index contributed by atoms with van der Waals surface area (Å²) in [6, 6.07) is -0.435. The minimum absolute atomic E-state index is 0.147. The van der Waals surface area contributed by atoms with Crippen LogP contribution in [0.4, 0.5) is 5.13 Å². The third-order valence-electron chi connectivity index (χ3n) is 4.19. The SMILES string of the molecule is [C-]#[N+]Sc1cc(OCP(=O)(NC(C)C(=O)OCC)NC(C)C(=O)OCC)c2nc(N)sc2c1Cl. The van der Waals surface area contributed by atoms with Crippen molar-refractivity contribution in [1.29, 1.82) is 0 Å². The molecule has 0 fully saturated rings. The number of carbonyl (C=O) groups excluding carboxylic acids is 2. The monoisotopic (exact) mass is 549 g/mol. The molecule has 15 heteroatoms. The smallest absolute Gasteiger partial charge is 0.323 e. The number of ether oxygens (including phenoxy) is 3. The molecule has 2 atom stereocenters. The summed E-state index contributed by atoms with van der Waals surface area (Å²) >= 11 is 8.31. The van der Waals surface area contributed by atoms with Gasteiger partial charge in [0.2, 0.25) is 7.44 Å². The van der Waals surface area contributed by atoms with Crippen molar-refractivity contribution in [3.63, 3.8) is 0 Å². The second-order valence-electron chi connectivity index (χ2n) is 6.82. The van der Waals surface area contributed by atoms with E-state index in [1.807, 2.05) is 0 Å². The lowest BCUT2D eigenvalue weighted by Crippen LogP contribution is -2.43. The highest BCUT2D eigenvalue weighted by Crippen LogP contribution is 2.45. The van der Waals surface area contributed by atoms with Crippen LogP contribution < -0.4 is 20.6 Å². The van der Waals surface area contributed by atoms with E-state index in [0.717, 1.165) is 23.3 Å². The molecule has 11 nitrogen and oxygen atoms in total. The number of nitrogens with one attached hydrogen (secondary N) is 2. The van der Waals surface area contributed by atoms with Gasteiger partial charge in [0.1, 0.15) is 28.2 Å². The molecular formula is C19H25ClN5O6PS2. The van der Waals surface area contributed by atoms with Gasteiger partial charge in [0.25, 0.3) is 11.9 Å². The number of benzene rings is 1. The van der Waals surface area contributed by atoms with Crippen molar-refractivity contribution in [2.45, 2.75) is 44.7 Å². The van der Waals surface area contributed by atoms with E-state index in [-0.39, 0.29) is 24.1 Å². The Labute approximate surface area is 210 Å². The van der Waals surface area contributed by atoms with E-state index in [4.69, 9.17) is 38.1 Å². The molecule has 0 aliphatic rings. The van der Waals surface area contributed by atoms with E-state index in [1.165, 1.54) is 19.9 Å². The summed E-state index contributed by atoms with van der Waals surface area (Å²) in [4.78, 5) is 28.9. The Morgan fingerprint density at radius 1 is 1.26 bits per heavy atom. The molecule has 1 heterocycles. The van der Waals surface area contributed by atoms with Crippen molar-refractivity contribution < 1.29 is 28.4 Å². The predicted octanol–water partition coefficient (Wildman–Crippen LogP) is 4.07. The van der Waals surface area contributed by atoms with Crippen LogP contribution in [0.1, 0.15) is 27.7 Å². The minimum Gasteiger partial charge on any atom is -0.481 e. The fraction of sp³-hybridized carbons (Fsp3) is 0.474. The van der Waals surface area contributed by atoms with Crippen LogP contribution in [0.5, 0.6) is 5.75 Å². The van der Waals surface area contributed by atoms with Crippen molar-refractivity contribution in [3.05, 3.63) is 21.9 Å². The first-order chi connectivity index (χ1) is 16.0. The highest BCUT2D eigenvalue weighted by molar-refractivity contribution is 8.01. The van der Waals surface area contributed by atoms with Crippen LogP contribution in [0.2, 0.25) is 5.02 Å². The standard InChI is InChI=1S/C19H25ClN5O6PS2/c1-6-29-17(26)10(3)24-32(28,25-11(4)18(27)30-7-2)9-31-12-8-13(34-22-5)14(20)16-15(12)23-19(21)33-16/h8,10-11H,6-7,9H2,1-4H3,(H2,21,23)(H2,24,25,28). The average molecular weight is 550 g/mol. The number of thiazole rings is 1. The minimum atomic E-state index is -3.75. The first-order valence-electron chi connectivity index (χ1n) is 10.1. The normalized spacial score (nSPS) is 14.6. The van der Waals surface area contributed by atoms with Gasteiger partial charge >= 0.3 is 11.9 Å². The molecule has 0 spiro atoms. The molecule has 0 saturated heterocycles. The van der Waals surface area contributed by atoms with E-state index in [2.05, 4.69) is 19.4 Å². The number of rotatable bonds is 12.